The van der Waals surface area contributed by atoms with Gasteiger partial charge in [-0.1, -0.05) is 45.4 Å². The summed E-state index contributed by atoms with van der Waals surface area (Å²) in [6.07, 6.45) is 1.61. The van der Waals surface area contributed by atoms with Crippen molar-refractivity contribution in [2.75, 3.05) is 11.1 Å². The summed E-state index contributed by atoms with van der Waals surface area (Å²) in [4.78, 5) is 12.4. The van der Waals surface area contributed by atoms with E-state index < -0.39 is 0 Å². The van der Waals surface area contributed by atoms with Gasteiger partial charge in [0, 0.05) is 15.2 Å². The molecule has 7 nitrogen and oxygen atoms in total. The zero-order valence-corrected chi connectivity index (χ0v) is 19.9. The lowest BCUT2D eigenvalue weighted by atomic mass is 10.3. The monoisotopic (exact) mass is 532 g/mol. The molecule has 2 aromatic carbocycles. The van der Waals surface area contributed by atoms with Crippen LogP contribution >= 0.6 is 39.3 Å². The van der Waals surface area contributed by atoms with Crippen molar-refractivity contribution < 1.29 is 13.9 Å². The van der Waals surface area contributed by atoms with Crippen LogP contribution in [0.15, 0.2) is 81.0 Å². The summed E-state index contributed by atoms with van der Waals surface area (Å²) in [5.41, 5.74) is 0.721. The molecule has 4 rings (SSSR count). The Kier molecular flexibility index (Phi) is 7.51. The molecule has 0 saturated carbocycles. The van der Waals surface area contributed by atoms with Crippen molar-refractivity contribution in [3.8, 4) is 5.75 Å². The number of anilines is 1. The number of halogens is 2. The third-order valence-electron chi connectivity index (χ3n) is 4.31. The van der Waals surface area contributed by atoms with Gasteiger partial charge in [-0.05, 0) is 54.6 Å². The van der Waals surface area contributed by atoms with Gasteiger partial charge in [-0.3, -0.25) is 9.36 Å². The fraction of sp³-hybridized carbons (Fsp3) is 0.136. The van der Waals surface area contributed by atoms with Gasteiger partial charge in [0.05, 0.1) is 18.6 Å². The molecular formula is C22H18BrClN4O3S. The molecule has 0 unspecified atom stereocenters. The average molecular weight is 534 g/mol. The molecule has 0 atom stereocenters. The number of nitrogens with zero attached hydrogens (tertiary/aromatic N) is 3. The van der Waals surface area contributed by atoms with Crippen molar-refractivity contribution in [3.05, 3.63) is 88.0 Å². The highest BCUT2D eigenvalue weighted by Gasteiger charge is 2.16. The zero-order valence-electron chi connectivity index (χ0n) is 16.7. The third kappa shape index (κ3) is 6.15. The Hall–Kier alpha value is -2.75. The van der Waals surface area contributed by atoms with Crippen LogP contribution in [0.2, 0.25) is 5.02 Å². The normalized spacial score (nSPS) is 10.8. The first-order valence-electron chi connectivity index (χ1n) is 9.58. The molecule has 1 amide bonds. The fourth-order valence-electron chi connectivity index (χ4n) is 2.82. The van der Waals surface area contributed by atoms with E-state index in [0.29, 0.717) is 28.3 Å². The van der Waals surface area contributed by atoms with Crippen molar-refractivity contribution in [1.82, 2.24) is 14.8 Å². The van der Waals surface area contributed by atoms with E-state index >= 15 is 0 Å². The SMILES string of the molecule is O=C(CSc1nnc(COc2ccc(Cl)cc2)n1Cc1ccco1)Nc1cccc(Br)c1. The van der Waals surface area contributed by atoms with E-state index in [2.05, 4.69) is 31.4 Å². The molecule has 0 saturated heterocycles. The van der Waals surface area contributed by atoms with E-state index in [9.17, 15) is 4.79 Å². The smallest absolute Gasteiger partial charge is 0.234 e. The van der Waals surface area contributed by atoms with Gasteiger partial charge < -0.3 is 14.5 Å². The van der Waals surface area contributed by atoms with Gasteiger partial charge >= 0.3 is 0 Å². The van der Waals surface area contributed by atoms with E-state index in [1.807, 2.05) is 41.0 Å². The van der Waals surface area contributed by atoms with Crippen LogP contribution in [-0.2, 0) is 17.9 Å². The number of hydrogen-bond acceptors (Lipinski definition) is 6. The van der Waals surface area contributed by atoms with Gasteiger partial charge in [0.1, 0.15) is 18.1 Å². The Morgan fingerprint density at radius 1 is 1.16 bits per heavy atom. The van der Waals surface area contributed by atoms with Crippen LogP contribution in [0.5, 0.6) is 5.75 Å². The van der Waals surface area contributed by atoms with Crippen LogP contribution in [0, 0.1) is 0 Å². The molecule has 0 fully saturated rings. The van der Waals surface area contributed by atoms with E-state index in [1.165, 1.54) is 11.8 Å². The van der Waals surface area contributed by atoms with Gasteiger partial charge in [0.15, 0.2) is 11.0 Å². The molecular weight excluding hydrogens is 516 g/mol. The Bertz CT molecular complexity index is 1180. The van der Waals surface area contributed by atoms with Crippen LogP contribution in [0.3, 0.4) is 0 Å². The van der Waals surface area contributed by atoms with Crippen LogP contribution < -0.4 is 10.1 Å². The Balaban J connectivity index is 1.44. The molecule has 0 aliphatic carbocycles. The van der Waals surface area contributed by atoms with Crippen molar-refractivity contribution >= 4 is 50.9 Å². The number of amides is 1. The number of nitrogens with one attached hydrogen (secondary N) is 1. The standard InChI is InChI=1S/C22H18BrClN4O3S/c23-15-3-1-4-17(11-15)25-21(29)14-32-22-27-26-20(28(22)12-19-5-2-10-30-19)13-31-18-8-6-16(24)7-9-18/h1-11H,12-14H2,(H,25,29). The minimum Gasteiger partial charge on any atom is -0.486 e. The Labute approximate surface area is 202 Å². The lowest BCUT2D eigenvalue weighted by Gasteiger charge is -2.10. The lowest BCUT2D eigenvalue weighted by Crippen LogP contribution is -2.15. The van der Waals surface area contributed by atoms with Crippen molar-refractivity contribution in [3.63, 3.8) is 0 Å². The van der Waals surface area contributed by atoms with Gasteiger partial charge in [0.2, 0.25) is 5.91 Å². The lowest BCUT2D eigenvalue weighted by molar-refractivity contribution is -0.113. The second-order valence-corrected chi connectivity index (χ2v) is 8.95. The molecule has 10 heteroatoms. The maximum absolute atomic E-state index is 12.4. The summed E-state index contributed by atoms with van der Waals surface area (Å²) in [5.74, 6) is 2.08. The predicted molar refractivity (Wildman–Crippen MR) is 127 cm³/mol. The summed E-state index contributed by atoms with van der Waals surface area (Å²) < 4.78 is 14.1. The van der Waals surface area contributed by atoms with Crippen LogP contribution in [0.4, 0.5) is 5.69 Å². The van der Waals surface area contributed by atoms with E-state index in [-0.39, 0.29) is 18.3 Å². The first kappa shape index (κ1) is 22.4. The summed E-state index contributed by atoms with van der Waals surface area (Å²) in [7, 11) is 0. The molecule has 32 heavy (non-hydrogen) atoms. The number of ether oxygens (including phenoxy) is 1. The maximum Gasteiger partial charge on any atom is 0.234 e. The Morgan fingerprint density at radius 3 is 2.75 bits per heavy atom. The number of aromatic nitrogens is 3. The first-order chi connectivity index (χ1) is 15.6. The molecule has 0 bridgehead atoms. The quantitative estimate of drug-likeness (QED) is 0.280. The molecule has 164 valence electrons. The van der Waals surface area contributed by atoms with E-state index in [1.54, 1.807) is 30.5 Å². The van der Waals surface area contributed by atoms with Crippen molar-refractivity contribution in [2.45, 2.75) is 18.3 Å². The second-order valence-electron chi connectivity index (χ2n) is 6.65. The summed E-state index contributed by atoms with van der Waals surface area (Å²) in [6.45, 7) is 0.634. The topological polar surface area (TPSA) is 82.2 Å². The van der Waals surface area contributed by atoms with E-state index in [0.717, 1.165) is 15.9 Å². The van der Waals surface area contributed by atoms with Crippen LogP contribution in [0.25, 0.3) is 0 Å². The van der Waals surface area contributed by atoms with Crippen molar-refractivity contribution in [1.29, 1.82) is 0 Å². The number of carbonyl (C=O) groups excluding carboxylic acids is 1. The fourth-order valence-corrected chi connectivity index (χ4v) is 4.10. The highest BCUT2D eigenvalue weighted by atomic mass is 79.9. The molecule has 2 aromatic heterocycles. The number of benzene rings is 2. The van der Waals surface area contributed by atoms with E-state index in [4.69, 9.17) is 20.8 Å². The first-order valence-corrected chi connectivity index (χ1v) is 11.7. The number of furan rings is 1. The van der Waals surface area contributed by atoms with Gasteiger partial charge in [-0.15, -0.1) is 10.2 Å². The van der Waals surface area contributed by atoms with Crippen molar-refractivity contribution in [2.24, 2.45) is 0 Å². The molecule has 2 heterocycles. The zero-order chi connectivity index (χ0) is 22.3. The summed E-state index contributed by atoms with van der Waals surface area (Å²) in [5, 5.41) is 12.6. The van der Waals surface area contributed by atoms with Gasteiger partial charge in [-0.25, -0.2) is 0 Å². The third-order valence-corrected chi connectivity index (χ3v) is 6.02. The minimum atomic E-state index is -0.139. The number of hydrogen-bond donors (Lipinski definition) is 1. The predicted octanol–water partition coefficient (Wildman–Crippen LogP) is 5.65. The number of carbonyl (C=O) groups is 1. The minimum absolute atomic E-state index is 0.139. The molecule has 0 radical (unpaired) electrons. The number of rotatable bonds is 9. The molecule has 0 spiro atoms. The average Bonchev–Trinajstić information content (AvgIpc) is 3.42. The second kappa shape index (κ2) is 10.7. The largest absolute Gasteiger partial charge is 0.486 e. The summed E-state index contributed by atoms with van der Waals surface area (Å²) >= 11 is 10.6. The maximum atomic E-state index is 12.4. The highest BCUT2D eigenvalue weighted by molar-refractivity contribution is 9.10. The summed E-state index contributed by atoms with van der Waals surface area (Å²) in [6, 6.07) is 18.2. The molecule has 4 aromatic rings. The Morgan fingerprint density at radius 2 is 2.00 bits per heavy atom. The van der Waals surface area contributed by atoms with Gasteiger partial charge in [0.25, 0.3) is 0 Å². The van der Waals surface area contributed by atoms with Crippen LogP contribution in [0.1, 0.15) is 11.6 Å². The molecule has 0 aliphatic heterocycles. The highest BCUT2D eigenvalue weighted by Crippen LogP contribution is 2.22. The molecule has 0 aliphatic rings. The number of thioether (sulfide) groups is 1. The molecule has 1 N–H and O–H groups in total. The van der Waals surface area contributed by atoms with Crippen LogP contribution in [-0.4, -0.2) is 26.4 Å². The van der Waals surface area contributed by atoms with Gasteiger partial charge in [-0.2, -0.15) is 0 Å².